The molecule has 0 amide bonds. The van der Waals surface area contributed by atoms with Gasteiger partial charge in [-0.25, -0.2) is 0 Å². The minimum atomic E-state index is -0.546. The second kappa shape index (κ2) is 6.93. The summed E-state index contributed by atoms with van der Waals surface area (Å²) in [6.45, 7) is 6.09. The van der Waals surface area contributed by atoms with Crippen molar-refractivity contribution in [3.63, 3.8) is 0 Å². The van der Waals surface area contributed by atoms with Gasteiger partial charge in [0.25, 0.3) is 0 Å². The van der Waals surface area contributed by atoms with Gasteiger partial charge in [-0.15, -0.1) is 0 Å². The molecular formula is C12H23NO4. The van der Waals surface area contributed by atoms with Crippen molar-refractivity contribution < 1.29 is 19.0 Å². The third-order valence-electron chi connectivity index (χ3n) is 3.04. The van der Waals surface area contributed by atoms with Crippen LogP contribution in [0.2, 0.25) is 0 Å². The number of carbonyl (C=O) groups is 1. The molecule has 0 saturated carbocycles. The van der Waals surface area contributed by atoms with E-state index >= 15 is 0 Å². The van der Waals surface area contributed by atoms with Crippen molar-refractivity contribution >= 4 is 5.97 Å². The standard InChI is InChI=1S/C12H23NO4/c1-10(2)16-7-8-17-11(14)12(9-13)3-5-15-6-4-12/h10H,3-9,13H2,1-2H3. The van der Waals surface area contributed by atoms with E-state index in [1.165, 1.54) is 0 Å². The third kappa shape index (κ3) is 4.26. The van der Waals surface area contributed by atoms with E-state index in [4.69, 9.17) is 19.9 Å². The largest absolute Gasteiger partial charge is 0.463 e. The first-order chi connectivity index (χ1) is 8.10. The average Bonchev–Trinajstić information content (AvgIpc) is 2.35. The first kappa shape index (κ1) is 14.4. The summed E-state index contributed by atoms with van der Waals surface area (Å²) in [6, 6.07) is 0. The second-order valence-electron chi connectivity index (χ2n) is 4.65. The molecular weight excluding hydrogens is 222 g/mol. The highest BCUT2D eigenvalue weighted by atomic mass is 16.6. The van der Waals surface area contributed by atoms with Crippen LogP contribution in [0.1, 0.15) is 26.7 Å². The van der Waals surface area contributed by atoms with Gasteiger partial charge in [-0.2, -0.15) is 0 Å². The molecule has 1 heterocycles. The predicted molar refractivity (Wildman–Crippen MR) is 63.6 cm³/mol. The minimum Gasteiger partial charge on any atom is -0.463 e. The minimum absolute atomic E-state index is 0.153. The molecule has 0 radical (unpaired) electrons. The monoisotopic (exact) mass is 245 g/mol. The van der Waals surface area contributed by atoms with Crippen LogP contribution in [0.3, 0.4) is 0 Å². The summed E-state index contributed by atoms with van der Waals surface area (Å²) >= 11 is 0. The lowest BCUT2D eigenvalue weighted by atomic mass is 9.80. The molecule has 0 aromatic rings. The number of ether oxygens (including phenoxy) is 3. The molecule has 1 saturated heterocycles. The predicted octanol–water partition coefficient (Wildman–Crippen LogP) is 0.710. The van der Waals surface area contributed by atoms with Gasteiger partial charge >= 0.3 is 5.97 Å². The molecule has 5 heteroatoms. The lowest BCUT2D eigenvalue weighted by Gasteiger charge is -2.33. The number of hydrogen-bond donors (Lipinski definition) is 1. The molecule has 17 heavy (non-hydrogen) atoms. The maximum atomic E-state index is 12.0. The third-order valence-corrected chi connectivity index (χ3v) is 3.04. The highest BCUT2D eigenvalue weighted by Crippen LogP contribution is 2.30. The van der Waals surface area contributed by atoms with Gasteiger partial charge in [-0.1, -0.05) is 0 Å². The zero-order chi connectivity index (χ0) is 12.7. The van der Waals surface area contributed by atoms with Crippen molar-refractivity contribution in [2.75, 3.05) is 33.0 Å². The molecule has 1 fully saturated rings. The smallest absolute Gasteiger partial charge is 0.313 e. The van der Waals surface area contributed by atoms with E-state index in [0.717, 1.165) is 0 Å². The highest BCUT2D eigenvalue weighted by Gasteiger charge is 2.40. The Kier molecular flexibility index (Phi) is 5.88. The fourth-order valence-electron chi connectivity index (χ4n) is 1.82. The van der Waals surface area contributed by atoms with Crippen molar-refractivity contribution in [3.8, 4) is 0 Å². The van der Waals surface area contributed by atoms with E-state index in [0.29, 0.717) is 45.8 Å². The zero-order valence-electron chi connectivity index (χ0n) is 10.7. The first-order valence-electron chi connectivity index (χ1n) is 6.17. The van der Waals surface area contributed by atoms with Crippen LogP contribution in [0.15, 0.2) is 0 Å². The van der Waals surface area contributed by atoms with Gasteiger partial charge in [0.15, 0.2) is 0 Å². The number of hydrogen-bond acceptors (Lipinski definition) is 5. The Morgan fingerprint density at radius 2 is 2.00 bits per heavy atom. The van der Waals surface area contributed by atoms with Crippen LogP contribution in [0.25, 0.3) is 0 Å². The lowest BCUT2D eigenvalue weighted by molar-refractivity contribution is -0.162. The molecule has 1 rings (SSSR count). The topological polar surface area (TPSA) is 70.8 Å². The number of nitrogens with two attached hydrogens (primary N) is 1. The second-order valence-corrected chi connectivity index (χ2v) is 4.65. The van der Waals surface area contributed by atoms with Gasteiger partial charge in [0.05, 0.1) is 18.1 Å². The van der Waals surface area contributed by atoms with Crippen LogP contribution < -0.4 is 5.73 Å². The van der Waals surface area contributed by atoms with Gasteiger partial charge in [-0.3, -0.25) is 4.79 Å². The van der Waals surface area contributed by atoms with Crippen molar-refractivity contribution in [1.82, 2.24) is 0 Å². The molecule has 0 aromatic heterocycles. The van der Waals surface area contributed by atoms with Crippen LogP contribution in [0.4, 0.5) is 0 Å². The molecule has 0 aliphatic carbocycles. The SMILES string of the molecule is CC(C)OCCOC(=O)C1(CN)CCOCC1. The summed E-state index contributed by atoms with van der Waals surface area (Å²) in [4.78, 5) is 12.0. The van der Waals surface area contributed by atoms with E-state index in [-0.39, 0.29) is 12.1 Å². The van der Waals surface area contributed by atoms with Crippen molar-refractivity contribution in [1.29, 1.82) is 0 Å². The lowest BCUT2D eigenvalue weighted by Crippen LogP contribution is -2.44. The van der Waals surface area contributed by atoms with E-state index in [9.17, 15) is 4.79 Å². The summed E-state index contributed by atoms with van der Waals surface area (Å²) in [6.07, 6.45) is 1.45. The highest BCUT2D eigenvalue weighted by molar-refractivity contribution is 5.77. The van der Waals surface area contributed by atoms with E-state index in [2.05, 4.69) is 0 Å². The molecule has 0 aromatic carbocycles. The molecule has 1 aliphatic rings. The summed E-state index contributed by atoms with van der Waals surface area (Å²) in [5.41, 5.74) is 5.16. The van der Waals surface area contributed by atoms with E-state index in [1.807, 2.05) is 13.8 Å². The Balaban J connectivity index is 2.33. The van der Waals surface area contributed by atoms with Crippen molar-refractivity contribution in [2.24, 2.45) is 11.1 Å². The number of esters is 1. The van der Waals surface area contributed by atoms with Crippen LogP contribution in [0, 0.1) is 5.41 Å². The zero-order valence-corrected chi connectivity index (χ0v) is 10.7. The van der Waals surface area contributed by atoms with Crippen molar-refractivity contribution in [3.05, 3.63) is 0 Å². The van der Waals surface area contributed by atoms with E-state index in [1.54, 1.807) is 0 Å². The van der Waals surface area contributed by atoms with Gasteiger partial charge in [0, 0.05) is 19.8 Å². The molecule has 0 atom stereocenters. The molecule has 0 unspecified atom stereocenters. The summed E-state index contributed by atoms with van der Waals surface area (Å²) in [5.74, 6) is -0.212. The van der Waals surface area contributed by atoms with Crippen LogP contribution in [0.5, 0.6) is 0 Å². The number of rotatable bonds is 6. The fourth-order valence-corrected chi connectivity index (χ4v) is 1.82. The summed E-state index contributed by atoms with van der Waals surface area (Å²) in [7, 11) is 0. The Labute approximate surface area is 103 Å². The van der Waals surface area contributed by atoms with Crippen LogP contribution in [-0.2, 0) is 19.0 Å². The van der Waals surface area contributed by atoms with Crippen LogP contribution >= 0.6 is 0 Å². The normalized spacial score (nSPS) is 19.3. The molecule has 100 valence electrons. The Morgan fingerprint density at radius 3 is 2.53 bits per heavy atom. The molecule has 5 nitrogen and oxygen atoms in total. The molecule has 1 aliphatic heterocycles. The Morgan fingerprint density at radius 1 is 1.35 bits per heavy atom. The maximum Gasteiger partial charge on any atom is 0.313 e. The summed E-state index contributed by atoms with van der Waals surface area (Å²) < 4.78 is 15.8. The summed E-state index contributed by atoms with van der Waals surface area (Å²) in [5, 5.41) is 0. The van der Waals surface area contributed by atoms with Crippen molar-refractivity contribution in [2.45, 2.75) is 32.8 Å². The fraction of sp³-hybridized carbons (Fsp3) is 0.917. The number of carbonyl (C=O) groups excluding carboxylic acids is 1. The van der Waals surface area contributed by atoms with Gasteiger partial charge < -0.3 is 19.9 Å². The quantitative estimate of drug-likeness (QED) is 0.551. The van der Waals surface area contributed by atoms with Gasteiger partial charge in [-0.05, 0) is 26.7 Å². The Bertz CT molecular complexity index is 237. The van der Waals surface area contributed by atoms with E-state index < -0.39 is 5.41 Å². The first-order valence-corrected chi connectivity index (χ1v) is 6.17. The van der Waals surface area contributed by atoms with Gasteiger partial charge in [0.2, 0.25) is 0 Å². The Hall–Kier alpha value is -0.650. The average molecular weight is 245 g/mol. The molecule has 0 spiro atoms. The maximum absolute atomic E-state index is 12.0. The molecule has 2 N–H and O–H groups in total. The van der Waals surface area contributed by atoms with Crippen LogP contribution in [-0.4, -0.2) is 45.0 Å². The van der Waals surface area contributed by atoms with Gasteiger partial charge in [0.1, 0.15) is 6.61 Å². The molecule has 0 bridgehead atoms.